The first-order valence-electron chi connectivity index (χ1n) is 5.25. The Morgan fingerprint density at radius 1 is 1.62 bits per heavy atom. The van der Waals surface area contributed by atoms with Gasteiger partial charge in [-0.25, -0.2) is 0 Å². The smallest absolute Gasteiger partial charge is 0.0949 e. The molecule has 13 heavy (non-hydrogen) atoms. The number of hydrogen-bond acceptors (Lipinski definition) is 2. The summed E-state index contributed by atoms with van der Waals surface area (Å²) < 4.78 is 0. The molecule has 0 aliphatic carbocycles. The van der Waals surface area contributed by atoms with Crippen LogP contribution in [0.2, 0.25) is 0 Å². The Labute approximate surface area is 81.5 Å². The molecule has 2 unspecified atom stereocenters. The SMILES string of the molecule is CCC1(C)CCCN(C(C)C#N)C1. The number of piperidine rings is 1. The third kappa shape index (κ3) is 2.45. The van der Waals surface area contributed by atoms with Crippen molar-refractivity contribution in [1.29, 1.82) is 5.26 Å². The molecule has 0 bridgehead atoms. The molecule has 74 valence electrons. The number of hydrogen-bond donors (Lipinski definition) is 0. The van der Waals surface area contributed by atoms with E-state index in [-0.39, 0.29) is 6.04 Å². The first-order chi connectivity index (χ1) is 6.11. The van der Waals surface area contributed by atoms with E-state index in [1.54, 1.807) is 0 Å². The lowest BCUT2D eigenvalue weighted by Gasteiger charge is -2.41. The van der Waals surface area contributed by atoms with Crippen LogP contribution in [0.3, 0.4) is 0 Å². The molecule has 0 aromatic rings. The van der Waals surface area contributed by atoms with Gasteiger partial charge in [0.15, 0.2) is 0 Å². The summed E-state index contributed by atoms with van der Waals surface area (Å²) in [5.41, 5.74) is 0.448. The second kappa shape index (κ2) is 4.11. The van der Waals surface area contributed by atoms with Gasteiger partial charge in [-0.3, -0.25) is 4.90 Å². The molecule has 1 rings (SSSR count). The quantitative estimate of drug-likeness (QED) is 0.652. The van der Waals surface area contributed by atoms with E-state index < -0.39 is 0 Å². The van der Waals surface area contributed by atoms with Crippen molar-refractivity contribution in [3.8, 4) is 6.07 Å². The second-order valence-electron chi connectivity index (χ2n) is 4.54. The Bertz CT molecular complexity index is 207. The van der Waals surface area contributed by atoms with Crippen LogP contribution in [0, 0.1) is 16.7 Å². The minimum atomic E-state index is 0.0891. The molecule has 2 heteroatoms. The van der Waals surface area contributed by atoms with Crippen LogP contribution in [-0.4, -0.2) is 24.0 Å². The maximum absolute atomic E-state index is 8.84. The van der Waals surface area contributed by atoms with E-state index in [1.165, 1.54) is 19.3 Å². The number of nitrogens with zero attached hydrogens (tertiary/aromatic N) is 2. The van der Waals surface area contributed by atoms with Gasteiger partial charge in [-0.05, 0) is 38.1 Å². The highest BCUT2D eigenvalue weighted by molar-refractivity contribution is 4.93. The first kappa shape index (κ1) is 10.5. The fourth-order valence-corrected chi connectivity index (χ4v) is 2.06. The van der Waals surface area contributed by atoms with E-state index in [0.29, 0.717) is 5.41 Å². The molecule has 1 saturated heterocycles. The summed E-state index contributed by atoms with van der Waals surface area (Å²) in [5.74, 6) is 0. The molecule has 1 heterocycles. The first-order valence-corrected chi connectivity index (χ1v) is 5.25. The predicted molar refractivity (Wildman–Crippen MR) is 54.3 cm³/mol. The van der Waals surface area contributed by atoms with Gasteiger partial charge < -0.3 is 0 Å². The fourth-order valence-electron chi connectivity index (χ4n) is 2.06. The summed E-state index contributed by atoms with van der Waals surface area (Å²) >= 11 is 0. The maximum Gasteiger partial charge on any atom is 0.0949 e. The third-order valence-corrected chi connectivity index (χ3v) is 3.40. The van der Waals surface area contributed by atoms with Crippen LogP contribution in [0.5, 0.6) is 0 Å². The molecule has 0 aromatic heterocycles. The second-order valence-corrected chi connectivity index (χ2v) is 4.54. The monoisotopic (exact) mass is 180 g/mol. The molecule has 0 radical (unpaired) electrons. The Balaban J connectivity index is 2.57. The highest BCUT2D eigenvalue weighted by atomic mass is 15.2. The fraction of sp³-hybridized carbons (Fsp3) is 0.909. The number of nitriles is 1. The maximum atomic E-state index is 8.84. The lowest BCUT2D eigenvalue weighted by atomic mass is 9.79. The van der Waals surface area contributed by atoms with Gasteiger partial charge in [0.1, 0.15) is 0 Å². The zero-order valence-corrected chi connectivity index (χ0v) is 9.01. The molecule has 0 amide bonds. The Kier molecular flexibility index (Phi) is 3.33. The topological polar surface area (TPSA) is 27.0 Å². The summed E-state index contributed by atoms with van der Waals surface area (Å²) in [6.07, 6.45) is 3.79. The minimum Gasteiger partial charge on any atom is -0.288 e. The molecule has 1 aliphatic heterocycles. The van der Waals surface area contributed by atoms with Crippen molar-refractivity contribution in [2.45, 2.75) is 46.1 Å². The molecule has 0 aromatic carbocycles. The van der Waals surface area contributed by atoms with Crippen LogP contribution >= 0.6 is 0 Å². The van der Waals surface area contributed by atoms with E-state index in [9.17, 15) is 0 Å². The van der Waals surface area contributed by atoms with Gasteiger partial charge in [-0.15, -0.1) is 0 Å². The standard InChI is InChI=1S/C11H20N2/c1-4-11(3)6-5-7-13(9-11)10(2)8-12/h10H,4-7,9H2,1-3H3. The molecular weight excluding hydrogens is 160 g/mol. The van der Waals surface area contributed by atoms with Crippen molar-refractivity contribution < 1.29 is 0 Å². The average Bonchev–Trinajstić information content (AvgIpc) is 2.17. The molecular formula is C11H20N2. The van der Waals surface area contributed by atoms with Crippen LogP contribution < -0.4 is 0 Å². The molecule has 0 N–H and O–H groups in total. The molecule has 2 nitrogen and oxygen atoms in total. The number of likely N-dealkylation sites (tertiary alicyclic amines) is 1. The van der Waals surface area contributed by atoms with Gasteiger partial charge in [0, 0.05) is 6.54 Å². The molecule has 0 spiro atoms. The molecule has 2 atom stereocenters. The molecule has 1 fully saturated rings. The van der Waals surface area contributed by atoms with Crippen molar-refractivity contribution in [2.75, 3.05) is 13.1 Å². The van der Waals surface area contributed by atoms with Crippen molar-refractivity contribution in [2.24, 2.45) is 5.41 Å². The zero-order chi connectivity index (χ0) is 9.90. The van der Waals surface area contributed by atoms with Gasteiger partial charge in [-0.2, -0.15) is 5.26 Å². The highest BCUT2D eigenvalue weighted by Crippen LogP contribution is 2.33. The largest absolute Gasteiger partial charge is 0.288 e. The minimum absolute atomic E-state index is 0.0891. The van der Waals surface area contributed by atoms with Crippen molar-refractivity contribution in [1.82, 2.24) is 4.90 Å². The average molecular weight is 180 g/mol. The lowest BCUT2D eigenvalue weighted by Crippen LogP contribution is -2.45. The third-order valence-electron chi connectivity index (χ3n) is 3.40. The normalized spacial score (nSPS) is 32.5. The lowest BCUT2D eigenvalue weighted by molar-refractivity contribution is 0.0861. The van der Waals surface area contributed by atoms with E-state index in [2.05, 4.69) is 24.8 Å². The van der Waals surface area contributed by atoms with Crippen LogP contribution in [0.15, 0.2) is 0 Å². The van der Waals surface area contributed by atoms with Crippen LogP contribution in [-0.2, 0) is 0 Å². The van der Waals surface area contributed by atoms with Gasteiger partial charge in [0.25, 0.3) is 0 Å². The molecule has 1 aliphatic rings. The number of rotatable bonds is 2. The van der Waals surface area contributed by atoms with Crippen LogP contribution in [0.1, 0.15) is 40.0 Å². The van der Waals surface area contributed by atoms with E-state index in [0.717, 1.165) is 13.1 Å². The summed E-state index contributed by atoms with van der Waals surface area (Å²) in [7, 11) is 0. The van der Waals surface area contributed by atoms with E-state index in [4.69, 9.17) is 5.26 Å². The zero-order valence-electron chi connectivity index (χ0n) is 9.01. The van der Waals surface area contributed by atoms with E-state index in [1.807, 2.05) is 6.92 Å². The van der Waals surface area contributed by atoms with Gasteiger partial charge >= 0.3 is 0 Å². The van der Waals surface area contributed by atoms with Crippen molar-refractivity contribution >= 4 is 0 Å². The summed E-state index contributed by atoms with van der Waals surface area (Å²) in [5, 5.41) is 8.84. The van der Waals surface area contributed by atoms with E-state index >= 15 is 0 Å². The Hall–Kier alpha value is -0.550. The highest BCUT2D eigenvalue weighted by Gasteiger charge is 2.31. The Morgan fingerprint density at radius 3 is 2.85 bits per heavy atom. The summed E-state index contributed by atoms with van der Waals surface area (Å²) in [6, 6.07) is 2.41. The van der Waals surface area contributed by atoms with Crippen LogP contribution in [0.25, 0.3) is 0 Å². The summed E-state index contributed by atoms with van der Waals surface area (Å²) in [6.45, 7) is 8.79. The van der Waals surface area contributed by atoms with Gasteiger partial charge in [0.05, 0.1) is 12.1 Å². The van der Waals surface area contributed by atoms with Gasteiger partial charge in [-0.1, -0.05) is 13.8 Å². The van der Waals surface area contributed by atoms with Crippen molar-refractivity contribution in [3.05, 3.63) is 0 Å². The predicted octanol–water partition coefficient (Wildman–Crippen LogP) is 2.41. The molecule has 0 saturated carbocycles. The van der Waals surface area contributed by atoms with Crippen LogP contribution in [0.4, 0.5) is 0 Å². The van der Waals surface area contributed by atoms with Crippen molar-refractivity contribution in [3.63, 3.8) is 0 Å². The Morgan fingerprint density at radius 2 is 2.31 bits per heavy atom. The summed E-state index contributed by atoms with van der Waals surface area (Å²) in [4.78, 5) is 2.31. The van der Waals surface area contributed by atoms with Gasteiger partial charge in [0.2, 0.25) is 0 Å².